The van der Waals surface area contributed by atoms with E-state index in [4.69, 9.17) is 4.84 Å². The first kappa shape index (κ1) is 13.1. The lowest BCUT2D eigenvalue weighted by atomic mass is 10.1. The minimum Gasteiger partial charge on any atom is -0.382 e. The number of carbonyl (C=O) groups is 1. The van der Waals surface area contributed by atoms with Crippen molar-refractivity contribution in [1.82, 2.24) is 4.90 Å². The van der Waals surface area contributed by atoms with Crippen molar-refractivity contribution in [2.45, 2.75) is 39.3 Å². The summed E-state index contributed by atoms with van der Waals surface area (Å²) in [6.45, 7) is 4.73. The van der Waals surface area contributed by atoms with E-state index >= 15 is 0 Å². The van der Waals surface area contributed by atoms with E-state index in [1.807, 2.05) is 19.4 Å². The Morgan fingerprint density at radius 3 is 3.00 bits per heavy atom. The second kappa shape index (κ2) is 5.52. The lowest BCUT2D eigenvalue weighted by Crippen LogP contribution is -2.36. The first-order valence-electron chi connectivity index (χ1n) is 6.11. The van der Waals surface area contributed by atoms with E-state index in [-0.39, 0.29) is 5.91 Å². The summed E-state index contributed by atoms with van der Waals surface area (Å²) in [5, 5.41) is 5.97. The maximum absolute atomic E-state index is 12.2. The molecule has 0 saturated carbocycles. The van der Waals surface area contributed by atoms with Gasteiger partial charge in [0.2, 0.25) is 6.10 Å². The summed E-state index contributed by atoms with van der Waals surface area (Å²) in [5.74, 6) is 0.00926. The third kappa shape index (κ3) is 2.72. The van der Waals surface area contributed by atoms with Crippen LogP contribution in [0.2, 0.25) is 0 Å². The quantitative estimate of drug-likeness (QED) is 0.840. The molecular weight excluding hydrogens is 248 g/mol. The molecule has 0 aliphatic carbocycles. The number of rotatable bonds is 4. The van der Waals surface area contributed by atoms with E-state index in [1.54, 1.807) is 16.2 Å². The molecule has 0 saturated heterocycles. The summed E-state index contributed by atoms with van der Waals surface area (Å²) in [7, 11) is 1.81. The average molecular weight is 266 g/mol. The SMILES string of the molecule is CCC1=NO[C@H](C(=O)N(C)Cc2sccc2C)C1. The van der Waals surface area contributed by atoms with Crippen molar-refractivity contribution >= 4 is 23.0 Å². The molecule has 1 amide bonds. The standard InChI is InChI=1S/C13H18N2O2S/c1-4-10-7-11(17-14-10)13(16)15(3)8-12-9(2)5-6-18-12/h5-6,11H,4,7-8H2,1-3H3/t11-/m0/s1. The van der Waals surface area contributed by atoms with Crippen molar-refractivity contribution in [2.75, 3.05) is 7.05 Å². The predicted octanol–water partition coefficient (Wildman–Crippen LogP) is 2.57. The molecule has 5 heteroatoms. The molecule has 0 fully saturated rings. The van der Waals surface area contributed by atoms with Gasteiger partial charge in [0, 0.05) is 18.3 Å². The van der Waals surface area contributed by atoms with Crippen LogP contribution in [0.3, 0.4) is 0 Å². The number of oxime groups is 1. The van der Waals surface area contributed by atoms with Crippen LogP contribution in [0.15, 0.2) is 16.6 Å². The van der Waals surface area contributed by atoms with Gasteiger partial charge in [0.05, 0.1) is 12.3 Å². The maximum atomic E-state index is 12.2. The fourth-order valence-electron chi connectivity index (χ4n) is 1.87. The minimum absolute atomic E-state index is 0.00926. The number of thiophene rings is 1. The Morgan fingerprint density at radius 2 is 2.44 bits per heavy atom. The molecule has 2 rings (SSSR count). The number of likely N-dealkylation sites (N-methyl/N-ethyl adjacent to an activating group) is 1. The smallest absolute Gasteiger partial charge is 0.266 e. The van der Waals surface area contributed by atoms with Crippen LogP contribution in [0.25, 0.3) is 0 Å². The van der Waals surface area contributed by atoms with Gasteiger partial charge in [-0.2, -0.15) is 0 Å². The highest BCUT2D eigenvalue weighted by atomic mass is 32.1. The number of nitrogens with zero attached hydrogens (tertiary/aromatic N) is 2. The normalized spacial score (nSPS) is 18.4. The summed E-state index contributed by atoms with van der Waals surface area (Å²) in [5.41, 5.74) is 2.20. The van der Waals surface area contributed by atoms with Crippen molar-refractivity contribution in [1.29, 1.82) is 0 Å². The Balaban J connectivity index is 1.92. The Hall–Kier alpha value is -1.36. The van der Waals surface area contributed by atoms with Crippen molar-refractivity contribution < 1.29 is 9.63 Å². The van der Waals surface area contributed by atoms with Crippen molar-refractivity contribution in [3.63, 3.8) is 0 Å². The van der Waals surface area contributed by atoms with Crippen LogP contribution in [-0.4, -0.2) is 29.7 Å². The van der Waals surface area contributed by atoms with Crippen molar-refractivity contribution in [3.8, 4) is 0 Å². The van der Waals surface area contributed by atoms with Crippen molar-refractivity contribution in [3.05, 3.63) is 21.9 Å². The average Bonchev–Trinajstić information content (AvgIpc) is 2.98. The van der Waals surface area contributed by atoms with E-state index in [1.165, 1.54) is 10.4 Å². The summed E-state index contributed by atoms with van der Waals surface area (Å²) in [6.07, 6.45) is 1.05. The molecule has 1 aliphatic heterocycles. The summed E-state index contributed by atoms with van der Waals surface area (Å²) in [6, 6.07) is 2.07. The zero-order valence-electron chi connectivity index (χ0n) is 11.0. The van der Waals surface area contributed by atoms with Crippen LogP contribution >= 0.6 is 11.3 Å². The lowest BCUT2D eigenvalue weighted by Gasteiger charge is -2.19. The highest BCUT2D eigenvalue weighted by Gasteiger charge is 2.29. The molecule has 0 bridgehead atoms. The Morgan fingerprint density at radius 1 is 1.67 bits per heavy atom. The molecular formula is C13H18N2O2S. The van der Waals surface area contributed by atoms with Crippen LogP contribution in [0.1, 0.15) is 30.2 Å². The monoisotopic (exact) mass is 266 g/mol. The number of carbonyl (C=O) groups excluding carboxylic acids is 1. The second-order valence-electron chi connectivity index (χ2n) is 4.53. The largest absolute Gasteiger partial charge is 0.382 e. The van der Waals surface area contributed by atoms with E-state index in [2.05, 4.69) is 18.1 Å². The van der Waals surface area contributed by atoms with Gasteiger partial charge in [-0.15, -0.1) is 11.3 Å². The molecule has 98 valence electrons. The molecule has 0 spiro atoms. The Labute approximate surface area is 111 Å². The predicted molar refractivity (Wildman–Crippen MR) is 72.7 cm³/mol. The van der Waals surface area contributed by atoms with Gasteiger partial charge >= 0.3 is 0 Å². The van der Waals surface area contributed by atoms with E-state index in [9.17, 15) is 4.79 Å². The molecule has 2 heterocycles. The van der Waals surface area contributed by atoms with Crippen molar-refractivity contribution in [2.24, 2.45) is 5.16 Å². The maximum Gasteiger partial charge on any atom is 0.266 e. The molecule has 0 N–H and O–H groups in total. The van der Waals surface area contributed by atoms with Gasteiger partial charge in [-0.05, 0) is 30.4 Å². The first-order chi connectivity index (χ1) is 8.61. The summed E-state index contributed by atoms with van der Waals surface area (Å²) in [4.78, 5) is 20.3. The Bertz CT molecular complexity index is 467. The lowest BCUT2D eigenvalue weighted by molar-refractivity contribution is -0.141. The minimum atomic E-state index is -0.426. The second-order valence-corrected chi connectivity index (χ2v) is 5.53. The molecule has 0 radical (unpaired) electrons. The summed E-state index contributed by atoms with van der Waals surface area (Å²) < 4.78 is 0. The Kier molecular flexibility index (Phi) is 4.01. The molecule has 1 atom stereocenters. The molecule has 1 aromatic heterocycles. The first-order valence-corrected chi connectivity index (χ1v) is 6.99. The fourth-order valence-corrected chi connectivity index (χ4v) is 2.83. The molecule has 18 heavy (non-hydrogen) atoms. The number of amides is 1. The van der Waals surface area contributed by atoms with Gasteiger partial charge in [-0.3, -0.25) is 4.79 Å². The number of hydrogen-bond donors (Lipinski definition) is 0. The highest BCUT2D eigenvalue weighted by Crippen LogP contribution is 2.20. The number of hydrogen-bond acceptors (Lipinski definition) is 4. The van der Waals surface area contributed by atoms with Gasteiger partial charge < -0.3 is 9.74 Å². The molecule has 0 aromatic carbocycles. The third-order valence-corrected chi connectivity index (χ3v) is 4.15. The van der Waals surface area contributed by atoms with Gasteiger partial charge in [-0.25, -0.2) is 0 Å². The molecule has 0 unspecified atom stereocenters. The van der Waals surface area contributed by atoms with Crippen LogP contribution in [0.5, 0.6) is 0 Å². The molecule has 1 aliphatic rings. The van der Waals surface area contributed by atoms with Crippen LogP contribution in [0.4, 0.5) is 0 Å². The highest BCUT2D eigenvalue weighted by molar-refractivity contribution is 7.10. The van der Waals surface area contributed by atoms with Gasteiger partial charge in [-0.1, -0.05) is 12.1 Å². The van der Waals surface area contributed by atoms with E-state index in [0.717, 1.165) is 12.1 Å². The molecule has 4 nitrogen and oxygen atoms in total. The van der Waals surface area contributed by atoms with Crippen LogP contribution in [-0.2, 0) is 16.2 Å². The number of aryl methyl sites for hydroxylation is 1. The van der Waals surface area contributed by atoms with Crippen LogP contribution < -0.4 is 0 Å². The van der Waals surface area contributed by atoms with Crippen LogP contribution in [0, 0.1) is 6.92 Å². The zero-order valence-corrected chi connectivity index (χ0v) is 11.8. The van der Waals surface area contributed by atoms with Gasteiger partial charge in [0.25, 0.3) is 5.91 Å². The molecule has 1 aromatic rings. The summed E-state index contributed by atoms with van der Waals surface area (Å²) >= 11 is 1.68. The third-order valence-electron chi connectivity index (χ3n) is 3.14. The fraction of sp³-hybridized carbons (Fsp3) is 0.538. The van der Waals surface area contributed by atoms with E-state index < -0.39 is 6.10 Å². The van der Waals surface area contributed by atoms with Gasteiger partial charge in [0.1, 0.15) is 0 Å². The zero-order chi connectivity index (χ0) is 13.1. The van der Waals surface area contributed by atoms with E-state index in [0.29, 0.717) is 13.0 Å². The topological polar surface area (TPSA) is 41.9 Å². The van der Waals surface area contributed by atoms with Gasteiger partial charge in [0.15, 0.2) is 0 Å².